The number of rotatable bonds is 2. The van der Waals surface area contributed by atoms with E-state index >= 15 is 0 Å². The van der Waals surface area contributed by atoms with Gasteiger partial charge in [0.2, 0.25) is 0 Å². The summed E-state index contributed by atoms with van der Waals surface area (Å²) in [5, 5.41) is 10.7. The Morgan fingerprint density at radius 3 is 2.32 bits per heavy atom. The van der Waals surface area contributed by atoms with Crippen LogP contribution in [0.25, 0.3) is 0 Å². The SMILES string of the molecule is OC1(c2ccc(Cl)s2)CCN(c2ccccc2)CC1. The molecule has 2 nitrogen and oxygen atoms in total. The summed E-state index contributed by atoms with van der Waals surface area (Å²) >= 11 is 7.45. The molecule has 1 saturated heterocycles. The molecule has 19 heavy (non-hydrogen) atoms. The summed E-state index contributed by atoms with van der Waals surface area (Å²) in [6.45, 7) is 1.74. The molecule has 0 saturated carbocycles. The van der Waals surface area contributed by atoms with Crippen molar-refractivity contribution in [3.8, 4) is 0 Å². The predicted molar refractivity (Wildman–Crippen MR) is 81.1 cm³/mol. The molecule has 100 valence electrons. The van der Waals surface area contributed by atoms with E-state index in [1.807, 2.05) is 18.2 Å². The smallest absolute Gasteiger partial charge is 0.102 e. The zero-order valence-electron chi connectivity index (χ0n) is 10.6. The lowest BCUT2D eigenvalue weighted by atomic mass is 9.89. The second-order valence-electron chi connectivity index (χ2n) is 4.96. The third-order valence-electron chi connectivity index (χ3n) is 3.74. The summed E-state index contributed by atoms with van der Waals surface area (Å²) in [5.41, 5.74) is 0.525. The number of hydrogen-bond acceptors (Lipinski definition) is 3. The van der Waals surface area contributed by atoms with Crippen molar-refractivity contribution in [2.45, 2.75) is 18.4 Å². The highest BCUT2D eigenvalue weighted by Gasteiger charge is 2.35. The maximum Gasteiger partial charge on any atom is 0.102 e. The lowest BCUT2D eigenvalue weighted by molar-refractivity contribution is 0.0153. The first-order valence-electron chi connectivity index (χ1n) is 6.46. The van der Waals surface area contributed by atoms with Gasteiger partial charge in [0.15, 0.2) is 0 Å². The third kappa shape index (κ3) is 2.64. The highest BCUT2D eigenvalue weighted by Crippen LogP contribution is 2.39. The molecule has 0 aliphatic carbocycles. The van der Waals surface area contributed by atoms with Crippen LogP contribution in [0.5, 0.6) is 0 Å². The van der Waals surface area contributed by atoms with Crippen molar-refractivity contribution in [2.24, 2.45) is 0 Å². The minimum absolute atomic E-state index is 0.705. The fourth-order valence-corrected chi connectivity index (χ4v) is 3.77. The summed E-state index contributed by atoms with van der Waals surface area (Å²) < 4.78 is 0.744. The van der Waals surface area contributed by atoms with Crippen LogP contribution >= 0.6 is 22.9 Å². The average Bonchev–Trinajstić information content (AvgIpc) is 2.88. The predicted octanol–water partition coefficient (Wildman–Crippen LogP) is 3.89. The molecule has 2 aromatic rings. The summed E-state index contributed by atoms with van der Waals surface area (Å²) in [7, 11) is 0. The molecule has 4 heteroatoms. The van der Waals surface area contributed by atoms with Crippen LogP contribution < -0.4 is 4.90 Å². The fraction of sp³-hybridized carbons (Fsp3) is 0.333. The highest BCUT2D eigenvalue weighted by atomic mass is 35.5. The maximum atomic E-state index is 10.7. The minimum Gasteiger partial charge on any atom is -0.384 e. The fourth-order valence-electron chi connectivity index (χ4n) is 2.58. The Morgan fingerprint density at radius 1 is 1.05 bits per heavy atom. The van der Waals surface area contributed by atoms with Gasteiger partial charge in [0.1, 0.15) is 5.60 Å². The molecule has 0 atom stereocenters. The van der Waals surface area contributed by atoms with Crippen LogP contribution in [-0.4, -0.2) is 18.2 Å². The number of nitrogens with zero attached hydrogens (tertiary/aromatic N) is 1. The molecule has 1 fully saturated rings. The van der Waals surface area contributed by atoms with E-state index in [1.165, 1.54) is 17.0 Å². The van der Waals surface area contributed by atoms with Crippen molar-refractivity contribution in [3.05, 3.63) is 51.7 Å². The van der Waals surface area contributed by atoms with Crippen molar-refractivity contribution in [1.82, 2.24) is 0 Å². The normalized spacial score (nSPS) is 18.5. The van der Waals surface area contributed by atoms with Gasteiger partial charge in [0.25, 0.3) is 0 Å². The van der Waals surface area contributed by atoms with E-state index < -0.39 is 5.60 Å². The molecule has 0 amide bonds. The van der Waals surface area contributed by atoms with Crippen LogP contribution in [0.15, 0.2) is 42.5 Å². The van der Waals surface area contributed by atoms with Gasteiger partial charge in [-0.15, -0.1) is 11.3 Å². The van der Waals surface area contributed by atoms with E-state index in [0.29, 0.717) is 0 Å². The van der Waals surface area contributed by atoms with Gasteiger partial charge >= 0.3 is 0 Å². The molecular weight excluding hydrogens is 278 g/mol. The van der Waals surface area contributed by atoms with Gasteiger partial charge in [0.05, 0.1) is 4.34 Å². The summed E-state index contributed by atoms with van der Waals surface area (Å²) in [6, 6.07) is 14.2. The lowest BCUT2D eigenvalue weighted by Gasteiger charge is -2.38. The summed E-state index contributed by atoms with van der Waals surface area (Å²) in [6.07, 6.45) is 1.50. The minimum atomic E-state index is -0.705. The molecule has 1 aromatic carbocycles. The van der Waals surface area contributed by atoms with Crippen LogP contribution in [0.2, 0.25) is 4.34 Å². The monoisotopic (exact) mass is 293 g/mol. The number of piperidine rings is 1. The van der Waals surface area contributed by atoms with Crippen molar-refractivity contribution < 1.29 is 5.11 Å². The second-order valence-corrected chi connectivity index (χ2v) is 6.67. The van der Waals surface area contributed by atoms with E-state index in [2.05, 4.69) is 29.2 Å². The Kier molecular flexibility index (Phi) is 3.52. The second kappa shape index (κ2) is 5.16. The first-order valence-corrected chi connectivity index (χ1v) is 7.65. The van der Waals surface area contributed by atoms with E-state index in [4.69, 9.17) is 11.6 Å². The summed E-state index contributed by atoms with van der Waals surface area (Å²) in [4.78, 5) is 3.31. The topological polar surface area (TPSA) is 23.5 Å². The molecule has 1 aliphatic rings. The lowest BCUT2D eigenvalue weighted by Crippen LogP contribution is -2.42. The molecule has 0 bridgehead atoms. The molecule has 0 radical (unpaired) electrons. The van der Waals surface area contributed by atoms with E-state index in [9.17, 15) is 5.11 Å². The number of para-hydroxylation sites is 1. The van der Waals surface area contributed by atoms with Crippen molar-refractivity contribution >= 4 is 28.6 Å². The number of anilines is 1. The van der Waals surface area contributed by atoms with E-state index in [-0.39, 0.29) is 0 Å². The Bertz CT molecular complexity index is 546. The quantitative estimate of drug-likeness (QED) is 0.908. The van der Waals surface area contributed by atoms with Crippen molar-refractivity contribution in [1.29, 1.82) is 0 Å². The first kappa shape index (κ1) is 13.0. The number of hydrogen-bond donors (Lipinski definition) is 1. The zero-order valence-corrected chi connectivity index (χ0v) is 12.1. The molecular formula is C15H16ClNOS. The zero-order chi connectivity index (χ0) is 13.3. The number of thiophene rings is 1. The van der Waals surface area contributed by atoms with Crippen LogP contribution in [0.1, 0.15) is 17.7 Å². The van der Waals surface area contributed by atoms with Gasteiger partial charge in [-0.05, 0) is 37.1 Å². The van der Waals surface area contributed by atoms with Gasteiger partial charge in [-0.1, -0.05) is 29.8 Å². The molecule has 1 aliphatic heterocycles. The van der Waals surface area contributed by atoms with Gasteiger partial charge in [-0.3, -0.25) is 0 Å². The van der Waals surface area contributed by atoms with Gasteiger partial charge in [-0.2, -0.15) is 0 Å². The summed E-state index contributed by atoms with van der Waals surface area (Å²) in [5.74, 6) is 0. The van der Waals surface area contributed by atoms with E-state index in [0.717, 1.165) is 35.1 Å². The Labute approximate surface area is 122 Å². The highest BCUT2D eigenvalue weighted by molar-refractivity contribution is 7.16. The molecule has 3 rings (SSSR count). The molecule has 1 aromatic heterocycles. The van der Waals surface area contributed by atoms with Crippen molar-refractivity contribution in [2.75, 3.05) is 18.0 Å². The van der Waals surface area contributed by atoms with Crippen LogP contribution in [-0.2, 0) is 5.60 Å². The van der Waals surface area contributed by atoms with Crippen LogP contribution in [0.3, 0.4) is 0 Å². The standard InChI is InChI=1S/C15H16ClNOS/c16-14-7-6-13(19-14)15(18)8-10-17(11-9-15)12-4-2-1-3-5-12/h1-7,18H,8-11H2. The largest absolute Gasteiger partial charge is 0.384 e. The van der Waals surface area contributed by atoms with Gasteiger partial charge in [0, 0.05) is 23.7 Å². The molecule has 2 heterocycles. The Hall–Kier alpha value is -1.03. The van der Waals surface area contributed by atoms with Gasteiger partial charge < -0.3 is 10.0 Å². The number of halogens is 1. The Morgan fingerprint density at radius 2 is 1.74 bits per heavy atom. The average molecular weight is 294 g/mol. The van der Waals surface area contributed by atoms with Crippen LogP contribution in [0, 0.1) is 0 Å². The van der Waals surface area contributed by atoms with Crippen molar-refractivity contribution in [3.63, 3.8) is 0 Å². The molecule has 0 unspecified atom stereocenters. The number of benzene rings is 1. The maximum absolute atomic E-state index is 10.7. The molecule has 0 spiro atoms. The third-order valence-corrected chi connectivity index (χ3v) is 5.17. The number of aliphatic hydroxyl groups is 1. The van der Waals surface area contributed by atoms with Gasteiger partial charge in [-0.25, -0.2) is 0 Å². The molecule has 1 N–H and O–H groups in total. The van der Waals surface area contributed by atoms with Crippen LogP contribution in [0.4, 0.5) is 5.69 Å². The Balaban J connectivity index is 1.72. The first-order chi connectivity index (χ1) is 9.17. The van der Waals surface area contributed by atoms with E-state index in [1.54, 1.807) is 0 Å².